The maximum Gasteiger partial charge on any atom is 0.225 e. The highest BCUT2D eigenvalue weighted by Crippen LogP contribution is 2.32. The highest BCUT2D eigenvalue weighted by Gasteiger charge is 2.35. The summed E-state index contributed by atoms with van der Waals surface area (Å²) in [5, 5.41) is 0. The van der Waals surface area contributed by atoms with Crippen LogP contribution >= 0.6 is 0 Å². The summed E-state index contributed by atoms with van der Waals surface area (Å²) in [5.74, 6) is 0.949. The summed E-state index contributed by atoms with van der Waals surface area (Å²) < 4.78 is 5.70. The Kier molecular flexibility index (Phi) is 5.11. The van der Waals surface area contributed by atoms with E-state index in [4.69, 9.17) is 10.5 Å². The Morgan fingerprint density at radius 2 is 2.05 bits per heavy atom. The fraction of sp³-hybridized carbons (Fsp3) is 0.611. The molecule has 0 spiro atoms. The van der Waals surface area contributed by atoms with Crippen molar-refractivity contribution in [2.45, 2.75) is 37.7 Å². The largest absolute Gasteiger partial charge is 0.378 e. The summed E-state index contributed by atoms with van der Waals surface area (Å²) >= 11 is 0. The average molecular weight is 302 g/mol. The number of rotatable bonds is 4. The number of hydrogen-bond acceptors (Lipinski definition) is 3. The van der Waals surface area contributed by atoms with Gasteiger partial charge in [0.05, 0.1) is 12.5 Å². The van der Waals surface area contributed by atoms with E-state index in [1.807, 2.05) is 11.0 Å². The SMILES string of the molecule is NC[C@@H]1CN(C(=O)CC2CCCCO2)C[C@H]1c1ccccc1. The molecule has 0 aliphatic carbocycles. The number of nitrogens with two attached hydrogens (primary N) is 1. The fourth-order valence-electron chi connectivity index (χ4n) is 3.68. The van der Waals surface area contributed by atoms with Crippen molar-refractivity contribution < 1.29 is 9.53 Å². The number of hydrogen-bond donors (Lipinski definition) is 1. The summed E-state index contributed by atoms with van der Waals surface area (Å²) in [7, 11) is 0. The van der Waals surface area contributed by atoms with Gasteiger partial charge < -0.3 is 15.4 Å². The van der Waals surface area contributed by atoms with Crippen LogP contribution in [-0.4, -0.2) is 43.2 Å². The molecule has 3 rings (SSSR count). The first kappa shape index (κ1) is 15.5. The third-order valence-electron chi connectivity index (χ3n) is 5.00. The number of benzene rings is 1. The van der Waals surface area contributed by atoms with Crippen molar-refractivity contribution in [3.05, 3.63) is 35.9 Å². The lowest BCUT2D eigenvalue weighted by atomic mass is 9.89. The Bertz CT molecular complexity index is 485. The zero-order valence-electron chi connectivity index (χ0n) is 13.1. The molecule has 0 aromatic heterocycles. The maximum atomic E-state index is 12.6. The third kappa shape index (κ3) is 3.50. The molecule has 1 unspecified atom stereocenters. The average Bonchev–Trinajstić information content (AvgIpc) is 3.01. The molecule has 22 heavy (non-hydrogen) atoms. The van der Waals surface area contributed by atoms with E-state index in [2.05, 4.69) is 24.3 Å². The molecule has 2 N–H and O–H groups in total. The first-order valence-electron chi connectivity index (χ1n) is 8.42. The number of ether oxygens (including phenoxy) is 1. The molecule has 4 nitrogen and oxygen atoms in total. The van der Waals surface area contributed by atoms with Crippen molar-refractivity contribution in [1.29, 1.82) is 0 Å². The number of likely N-dealkylation sites (tertiary alicyclic amines) is 1. The molecule has 3 atom stereocenters. The molecule has 1 aromatic rings. The van der Waals surface area contributed by atoms with Gasteiger partial charge in [0.1, 0.15) is 0 Å². The molecule has 2 fully saturated rings. The molecule has 1 amide bonds. The lowest BCUT2D eigenvalue weighted by Crippen LogP contribution is -2.34. The molecule has 2 saturated heterocycles. The van der Waals surface area contributed by atoms with E-state index >= 15 is 0 Å². The van der Waals surface area contributed by atoms with Gasteiger partial charge in [-0.15, -0.1) is 0 Å². The van der Waals surface area contributed by atoms with Crippen LogP contribution in [0.3, 0.4) is 0 Å². The maximum absolute atomic E-state index is 12.6. The minimum absolute atomic E-state index is 0.119. The molecule has 2 aliphatic rings. The van der Waals surface area contributed by atoms with E-state index in [9.17, 15) is 4.79 Å². The summed E-state index contributed by atoms with van der Waals surface area (Å²) in [4.78, 5) is 14.6. The van der Waals surface area contributed by atoms with Crippen LogP contribution in [0.25, 0.3) is 0 Å². The molecule has 4 heteroatoms. The van der Waals surface area contributed by atoms with Crippen molar-refractivity contribution in [3.63, 3.8) is 0 Å². The van der Waals surface area contributed by atoms with Crippen LogP contribution in [0.15, 0.2) is 30.3 Å². The number of nitrogens with zero attached hydrogens (tertiary/aromatic N) is 1. The minimum atomic E-state index is 0.119. The summed E-state index contributed by atoms with van der Waals surface area (Å²) in [6.45, 7) is 3.00. The van der Waals surface area contributed by atoms with E-state index in [0.29, 0.717) is 24.8 Å². The number of carbonyl (C=O) groups excluding carboxylic acids is 1. The number of carbonyl (C=O) groups is 1. The molecule has 2 aliphatic heterocycles. The molecule has 1 aromatic carbocycles. The van der Waals surface area contributed by atoms with Gasteiger partial charge in [-0.25, -0.2) is 0 Å². The van der Waals surface area contributed by atoms with Crippen molar-refractivity contribution in [2.24, 2.45) is 11.7 Å². The smallest absolute Gasteiger partial charge is 0.225 e. The monoisotopic (exact) mass is 302 g/mol. The van der Waals surface area contributed by atoms with E-state index in [1.165, 1.54) is 12.0 Å². The molecule has 120 valence electrons. The standard InChI is InChI=1S/C18H26N2O2/c19-11-15-12-20(13-17(15)14-6-2-1-3-7-14)18(21)10-16-8-4-5-9-22-16/h1-3,6-7,15-17H,4-5,8-13,19H2/t15-,16?,17+/m1/s1. The Morgan fingerprint density at radius 3 is 2.73 bits per heavy atom. The highest BCUT2D eigenvalue weighted by molar-refractivity contribution is 5.77. The normalized spacial score (nSPS) is 28.8. The van der Waals surface area contributed by atoms with E-state index in [0.717, 1.165) is 32.5 Å². The van der Waals surface area contributed by atoms with E-state index in [-0.39, 0.29) is 12.0 Å². The van der Waals surface area contributed by atoms with Gasteiger partial charge in [0.25, 0.3) is 0 Å². The van der Waals surface area contributed by atoms with Crippen molar-refractivity contribution in [1.82, 2.24) is 4.90 Å². The van der Waals surface area contributed by atoms with Crippen LogP contribution in [0.4, 0.5) is 0 Å². The molecule has 2 heterocycles. The molecule has 0 bridgehead atoms. The predicted molar refractivity (Wildman–Crippen MR) is 86.5 cm³/mol. The van der Waals surface area contributed by atoms with E-state index in [1.54, 1.807) is 0 Å². The van der Waals surface area contributed by atoms with Gasteiger partial charge in [-0.05, 0) is 37.3 Å². The van der Waals surface area contributed by atoms with Crippen LogP contribution in [0.1, 0.15) is 37.2 Å². The van der Waals surface area contributed by atoms with Crippen LogP contribution < -0.4 is 5.73 Å². The number of amides is 1. The van der Waals surface area contributed by atoms with Crippen LogP contribution in [-0.2, 0) is 9.53 Å². The molecular weight excluding hydrogens is 276 g/mol. The van der Waals surface area contributed by atoms with Gasteiger partial charge in [-0.3, -0.25) is 4.79 Å². The zero-order chi connectivity index (χ0) is 15.4. The first-order valence-corrected chi connectivity index (χ1v) is 8.42. The fourth-order valence-corrected chi connectivity index (χ4v) is 3.68. The lowest BCUT2D eigenvalue weighted by Gasteiger charge is -2.24. The third-order valence-corrected chi connectivity index (χ3v) is 5.00. The summed E-state index contributed by atoms with van der Waals surface area (Å²) in [6.07, 6.45) is 3.96. The highest BCUT2D eigenvalue weighted by atomic mass is 16.5. The summed E-state index contributed by atoms with van der Waals surface area (Å²) in [5.41, 5.74) is 7.24. The predicted octanol–water partition coefficient (Wildman–Crippen LogP) is 2.15. The lowest BCUT2D eigenvalue weighted by molar-refractivity contribution is -0.134. The summed E-state index contributed by atoms with van der Waals surface area (Å²) in [6, 6.07) is 10.4. The Morgan fingerprint density at radius 1 is 1.23 bits per heavy atom. The van der Waals surface area contributed by atoms with Gasteiger partial charge in [0, 0.05) is 25.6 Å². The second kappa shape index (κ2) is 7.25. The van der Waals surface area contributed by atoms with Crippen molar-refractivity contribution in [2.75, 3.05) is 26.2 Å². The topological polar surface area (TPSA) is 55.6 Å². The zero-order valence-corrected chi connectivity index (χ0v) is 13.1. The van der Waals surface area contributed by atoms with Gasteiger partial charge in [-0.1, -0.05) is 30.3 Å². The van der Waals surface area contributed by atoms with Crippen LogP contribution in [0, 0.1) is 5.92 Å². The van der Waals surface area contributed by atoms with Crippen molar-refractivity contribution >= 4 is 5.91 Å². The van der Waals surface area contributed by atoms with Crippen LogP contribution in [0.2, 0.25) is 0 Å². The van der Waals surface area contributed by atoms with E-state index < -0.39 is 0 Å². The first-order chi connectivity index (χ1) is 10.8. The quantitative estimate of drug-likeness (QED) is 0.927. The molecule has 0 radical (unpaired) electrons. The van der Waals surface area contributed by atoms with Gasteiger partial charge in [0.15, 0.2) is 0 Å². The van der Waals surface area contributed by atoms with Gasteiger partial charge >= 0.3 is 0 Å². The Hall–Kier alpha value is -1.39. The second-order valence-electron chi connectivity index (χ2n) is 6.50. The molecule has 0 saturated carbocycles. The second-order valence-corrected chi connectivity index (χ2v) is 6.50. The molecular formula is C18H26N2O2. The van der Waals surface area contributed by atoms with Gasteiger partial charge in [-0.2, -0.15) is 0 Å². The van der Waals surface area contributed by atoms with Crippen LogP contribution in [0.5, 0.6) is 0 Å². The Labute approximate surface area is 132 Å². The van der Waals surface area contributed by atoms with Gasteiger partial charge in [0.2, 0.25) is 5.91 Å². The minimum Gasteiger partial charge on any atom is -0.378 e. The van der Waals surface area contributed by atoms with Crippen molar-refractivity contribution in [3.8, 4) is 0 Å². The Balaban J connectivity index is 1.62.